The van der Waals surface area contributed by atoms with Crippen LogP contribution in [0, 0.1) is 0 Å². The van der Waals surface area contributed by atoms with Gasteiger partial charge in [-0.25, -0.2) is 4.79 Å². The van der Waals surface area contributed by atoms with E-state index in [0.717, 1.165) is 0 Å². The summed E-state index contributed by atoms with van der Waals surface area (Å²) < 4.78 is 1.70. The van der Waals surface area contributed by atoms with E-state index in [1.807, 2.05) is 27.7 Å². The van der Waals surface area contributed by atoms with Crippen molar-refractivity contribution in [1.29, 1.82) is 0 Å². The minimum absolute atomic E-state index is 0.169. The van der Waals surface area contributed by atoms with Crippen molar-refractivity contribution in [2.45, 2.75) is 39.7 Å². The van der Waals surface area contributed by atoms with Crippen LogP contribution in [0.15, 0.2) is 6.20 Å². The molecule has 0 spiro atoms. The number of aromatic nitrogens is 2. The Morgan fingerprint density at radius 2 is 2.14 bits per heavy atom. The van der Waals surface area contributed by atoms with Crippen molar-refractivity contribution in [3.8, 4) is 0 Å². The third-order valence-electron chi connectivity index (χ3n) is 2.04. The second kappa shape index (κ2) is 3.44. The fraction of sp³-hybridized carbons (Fsp3) is 0.600. The van der Waals surface area contributed by atoms with E-state index in [-0.39, 0.29) is 5.54 Å². The number of rotatable bonds is 2. The number of hydrogen-bond donors (Lipinski definition) is 1. The van der Waals surface area contributed by atoms with Crippen LogP contribution in [0.1, 0.15) is 43.7 Å². The highest BCUT2D eigenvalue weighted by molar-refractivity contribution is 5.88. The third kappa shape index (κ3) is 1.95. The Morgan fingerprint density at radius 1 is 1.57 bits per heavy atom. The summed E-state index contributed by atoms with van der Waals surface area (Å²) in [6.45, 7) is 7.88. The first-order chi connectivity index (χ1) is 6.36. The Kier molecular flexibility index (Phi) is 2.64. The maximum Gasteiger partial charge on any atom is 0.339 e. The summed E-state index contributed by atoms with van der Waals surface area (Å²) >= 11 is 0. The molecule has 0 unspecified atom stereocenters. The van der Waals surface area contributed by atoms with Crippen molar-refractivity contribution in [2.75, 3.05) is 0 Å². The zero-order chi connectivity index (χ0) is 10.9. The lowest BCUT2D eigenvalue weighted by Crippen LogP contribution is -2.22. The number of carboxylic acid groups (broad SMARTS) is 1. The molecule has 0 saturated heterocycles. The monoisotopic (exact) mass is 196 g/mol. The van der Waals surface area contributed by atoms with E-state index in [2.05, 4.69) is 5.10 Å². The minimum atomic E-state index is -0.905. The smallest absolute Gasteiger partial charge is 0.339 e. The van der Waals surface area contributed by atoms with Gasteiger partial charge in [-0.2, -0.15) is 5.10 Å². The zero-order valence-electron chi connectivity index (χ0n) is 9.03. The first-order valence-electron chi connectivity index (χ1n) is 4.68. The van der Waals surface area contributed by atoms with Gasteiger partial charge in [-0.3, -0.25) is 4.68 Å². The van der Waals surface area contributed by atoms with Crippen molar-refractivity contribution < 1.29 is 9.90 Å². The van der Waals surface area contributed by atoms with Crippen LogP contribution in [0.25, 0.3) is 0 Å². The van der Waals surface area contributed by atoms with Gasteiger partial charge < -0.3 is 5.11 Å². The first-order valence-corrected chi connectivity index (χ1v) is 4.68. The van der Waals surface area contributed by atoms with Gasteiger partial charge in [-0.15, -0.1) is 0 Å². The van der Waals surface area contributed by atoms with E-state index in [0.29, 0.717) is 17.7 Å². The Bertz CT molecular complexity index is 347. The van der Waals surface area contributed by atoms with Gasteiger partial charge in [-0.1, -0.05) is 6.92 Å². The molecule has 1 heterocycles. The molecule has 0 amide bonds. The summed E-state index contributed by atoms with van der Waals surface area (Å²) in [7, 11) is 0. The molecule has 0 aromatic carbocycles. The van der Waals surface area contributed by atoms with Gasteiger partial charge in [0.2, 0.25) is 0 Å². The molecule has 4 nitrogen and oxygen atoms in total. The Labute approximate surface area is 83.5 Å². The van der Waals surface area contributed by atoms with E-state index in [1.165, 1.54) is 0 Å². The minimum Gasteiger partial charge on any atom is -0.478 e. The van der Waals surface area contributed by atoms with Crippen molar-refractivity contribution in [1.82, 2.24) is 9.78 Å². The summed E-state index contributed by atoms with van der Waals surface area (Å²) in [6, 6.07) is 0. The van der Waals surface area contributed by atoms with E-state index in [1.54, 1.807) is 10.9 Å². The molecule has 0 aliphatic carbocycles. The van der Waals surface area contributed by atoms with E-state index in [4.69, 9.17) is 5.11 Å². The summed E-state index contributed by atoms with van der Waals surface area (Å²) in [5.41, 5.74) is 0.785. The van der Waals surface area contributed by atoms with Crippen LogP contribution in [0.2, 0.25) is 0 Å². The Hall–Kier alpha value is -1.32. The molecule has 78 valence electrons. The Balaban J connectivity index is 3.20. The lowest BCUT2D eigenvalue weighted by atomic mass is 10.1. The molecule has 1 aromatic rings. The van der Waals surface area contributed by atoms with Crippen LogP contribution in [0.4, 0.5) is 0 Å². The molecule has 0 fully saturated rings. The number of nitrogens with zero attached hydrogens (tertiary/aromatic N) is 2. The normalized spacial score (nSPS) is 11.7. The van der Waals surface area contributed by atoms with Crippen LogP contribution in [-0.4, -0.2) is 20.9 Å². The molecule has 14 heavy (non-hydrogen) atoms. The van der Waals surface area contributed by atoms with Gasteiger partial charge in [0.05, 0.1) is 11.2 Å². The lowest BCUT2D eigenvalue weighted by molar-refractivity contribution is 0.0695. The van der Waals surface area contributed by atoms with E-state index >= 15 is 0 Å². The quantitative estimate of drug-likeness (QED) is 0.786. The van der Waals surface area contributed by atoms with Crippen molar-refractivity contribution in [3.05, 3.63) is 17.5 Å². The summed E-state index contributed by atoms with van der Waals surface area (Å²) in [6.07, 6.45) is 2.24. The molecule has 0 bridgehead atoms. The molecule has 0 radical (unpaired) electrons. The molecule has 1 N–H and O–H groups in total. The standard InChI is InChI=1S/C10H16N2O2/c1-5-8-7(9(13)14)6-12(11-8)10(2,3)4/h6H,5H2,1-4H3,(H,13,14). The highest BCUT2D eigenvalue weighted by atomic mass is 16.4. The molecule has 0 aliphatic heterocycles. The summed E-state index contributed by atoms with van der Waals surface area (Å²) in [5.74, 6) is -0.905. The van der Waals surface area contributed by atoms with Gasteiger partial charge in [0.15, 0.2) is 0 Å². The number of carboxylic acids is 1. The topological polar surface area (TPSA) is 55.1 Å². The van der Waals surface area contributed by atoms with Crippen LogP contribution in [0.5, 0.6) is 0 Å². The highest BCUT2D eigenvalue weighted by Gasteiger charge is 2.20. The molecular weight excluding hydrogens is 180 g/mol. The van der Waals surface area contributed by atoms with Crippen LogP contribution in [0.3, 0.4) is 0 Å². The number of aryl methyl sites for hydroxylation is 1. The number of aromatic carboxylic acids is 1. The first kappa shape index (κ1) is 10.8. The molecule has 0 saturated carbocycles. The molecule has 0 atom stereocenters. The van der Waals surface area contributed by atoms with E-state index < -0.39 is 5.97 Å². The van der Waals surface area contributed by atoms with Gasteiger partial charge >= 0.3 is 5.97 Å². The van der Waals surface area contributed by atoms with Crippen LogP contribution in [-0.2, 0) is 12.0 Å². The second-order valence-electron chi connectivity index (χ2n) is 4.26. The van der Waals surface area contributed by atoms with Crippen molar-refractivity contribution >= 4 is 5.97 Å². The second-order valence-corrected chi connectivity index (χ2v) is 4.26. The van der Waals surface area contributed by atoms with Gasteiger partial charge in [0.25, 0.3) is 0 Å². The lowest BCUT2D eigenvalue weighted by Gasteiger charge is -2.18. The fourth-order valence-electron chi connectivity index (χ4n) is 1.19. The maximum absolute atomic E-state index is 10.9. The largest absolute Gasteiger partial charge is 0.478 e. The molecule has 1 aromatic heterocycles. The molecule has 0 aliphatic rings. The average molecular weight is 196 g/mol. The number of hydrogen-bond acceptors (Lipinski definition) is 2. The third-order valence-corrected chi connectivity index (χ3v) is 2.04. The summed E-state index contributed by atoms with van der Waals surface area (Å²) in [5, 5.41) is 13.2. The van der Waals surface area contributed by atoms with Crippen LogP contribution >= 0.6 is 0 Å². The SMILES string of the molecule is CCc1nn(C(C)(C)C)cc1C(=O)O. The molecule has 1 rings (SSSR count). The van der Waals surface area contributed by atoms with Crippen LogP contribution < -0.4 is 0 Å². The fourth-order valence-corrected chi connectivity index (χ4v) is 1.19. The van der Waals surface area contributed by atoms with Gasteiger partial charge in [0.1, 0.15) is 5.56 Å². The molecular formula is C10H16N2O2. The van der Waals surface area contributed by atoms with Crippen molar-refractivity contribution in [2.24, 2.45) is 0 Å². The average Bonchev–Trinajstić information content (AvgIpc) is 2.45. The maximum atomic E-state index is 10.9. The van der Waals surface area contributed by atoms with E-state index in [9.17, 15) is 4.79 Å². The summed E-state index contributed by atoms with van der Waals surface area (Å²) in [4.78, 5) is 10.9. The van der Waals surface area contributed by atoms with Crippen molar-refractivity contribution in [3.63, 3.8) is 0 Å². The number of carbonyl (C=O) groups is 1. The zero-order valence-corrected chi connectivity index (χ0v) is 9.03. The predicted octanol–water partition coefficient (Wildman–Crippen LogP) is 1.90. The van der Waals surface area contributed by atoms with Gasteiger partial charge in [0, 0.05) is 6.20 Å². The Morgan fingerprint density at radius 3 is 2.43 bits per heavy atom. The van der Waals surface area contributed by atoms with Gasteiger partial charge in [-0.05, 0) is 27.2 Å². The molecule has 4 heteroatoms. The highest BCUT2D eigenvalue weighted by Crippen LogP contribution is 2.16. The predicted molar refractivity (Wildman–Crippen MR) is 53.6 cm³/mol.